The zero-order valence-corrected chi connectivity index (χ0v) is 24.8. The number of nitrogen functional groups attached to an aromatic ring is 1. The molecule has 14 heteroatoms. The zero-order chi connectivity index (χ0) is 30.8. The van der Waals surface area contributed by atoms with Crippen LogP contribution in [0.15, 0.2) is 38.6 Å². The van der Waals surface area contributed by atoms with Crippen molar-refractivity contribution in [1.29, 1.82) is 0 Å². The minimum absolute atomic E-state index is 0.0758. The molecule has 1 aromatic rings. The fourth-order valence-corrected chi connectivity index (χ4v) is 8.13. The Bertz CT molecular complexity index is 1460. The van der Waals surface area contributed by atoms with Crippen LogP contribution in [0.5, 0.6) is 0 Å². The highest BCUT2D eigenvalue weighted by Gasteiger charge is 2.51. The highest BCUT2D eigenvalue weighted by Crippen LogP contribution is 2.45. The maximum Gasteiger partial charge on any atom is 0.418 e. The summed E-state index contributed by atoms with van der Waals surface area (Å²) in [5.74, 6) is -1.45. The van der Waals surface area contributed by atoms with Gasteiger partial charge in [-0.05, 0) is 50.8 Å². The Morgan fingerprint density at radius 2 is 1.95 bits per heavy atom. The van der Waals surface area contributed by atoms with E-state index in [1.165, 1.54) is 0 Å². The minimum atomic E-state index is -4.91. The average Bonchev–Trinajstić information content (AvgIpc) is 3.37. The van der Waals surface area contributed by atoms with Gasteiger partial charge in [0, 0.05) is 36.8 Å². The second-order valence-electron chi connectivity index (χ2n) is 12.6. The van der Waals surface area contributed by atoms with E-state index in [-0.39, 0.29) is 36.7 Å². The number of aliphatic imine (C=N–C) groups is 3. The van der Waals surface area contributed by atoms with Gasteiger partial charge in [0.2, 0.25) is 0 Å². The molecule has 4 saturated heterocycles. The van der Waals surface area contributed by atoms with Crippen LogP contribution < -0.4 is 5.73 Å². The Balaban J connectivity index is 1.34. The molecule has 0 aromatic heterocycles. The molecule has 3 unspecified atom stereocenters. The molecular formula is C30H34ClF5N6O2. The molecular weight excluding hydrogens is 607 g/mol. The number of benzene rings is 1. The summed E-state index contributed by atoms with van der Waals surface area (Å²) >= 11 is 6.02. The number of amidine groups is 2. The lowest BCUT2D eigenvalue weighted by Gasteiger charge is -2.43. The third kappa shape index (κ3) is 5.18. The van der Waals surface area contributed by atoms with Crippen molar-refractivity contribution < 1.29 is 31.4 Å². The van der Waals surface area contributed by atoms with Crippen LogP contribution in [-0.4, -0.2) is 84.2 Å². The number of alkyl halides is 4. The summed E-state index contributed by atoms with van der Waals surface area (Å²) in [6.45, 7) is 2.18. The van der Waals surface area contributed by atoms with Crippen molar-refractivity contribution in [2.45, 2.75) is 81.5 Å². The van der Waals surface area contributed by atoms with Crippen molar-refractivity contribution in [3.05, 3.63) is 39.8 Å². The van der Waals surface area contributed by atoms with Gasteiger partial charge in [-0.3, -0.25) is 4.90 Å². The summed E-state index contributed by atoms with van der Waals surface area (Å²) in [5.41, 5.74) is 2.73. The number of anilines is 1. The van der Waals surface area contributed by atoms with E-state index in [1.807, 2.05) is 0 Å². The van der Waals surface area contributed by atoms with E-state index >= 15 is 4.39 Å². The number of nitrogens with two attached hydrogens (primary N) is 1. The summed E-state index contributed by atoms with van der Waals surface area (Å²) < 4.78 is 86.2. The number of halogens is 6. The van der Waals surface area contributed by atoms with E-state index in [9.17, 15) is 17.6 Å². The van der Waals surface area contributed by atoms with Crippen LogP contribution in [-0.2, 0) is 15.7 Å². The molecule has 44 heavy (non-hydrogen) atoms. The van der Waals surface area contributed by atoms with Gasteiger partial charge >= 0.3 is 12.2 Å². The Kier molecular flexibility index (Phi) is 7.64. The molecule has 0 spiro atoms. The lowest BCUT2D eigenvalue weighted by Crippen LogP contribution is -2.52. The van der Waals surface area contributed by atoms with Crippen LogP contribution in [0.4, 0.5) is 27.6 Å². The first kappa shape index (κ1) is 29.9. The molecule has 2 N–H and O–H groups in total. The summed E-state index contributed by atoms with van der Waals surface area (Å²) in [6, 6.07) is 1.97. The van der Waals surface area contributed by atoms with Crippen LogP contribution in [0.1, 0.15) is 62.5 Å². The van der Waals surface area contributed by atoms with Crippen molar-refractivity contribution in [3.8, 4) is 0 Å². The second kappa shape index (κ2) is 11.2. The Morgan fingerprint density at radius 3 is 2.77 bits per heavy atom. The SMILES string of the molecule is Nc1cc(Cl)c(C(F)(F)F)c(C2=NC3OCCC4CCCCCN4C4=NC(OC[C@@]56CCCN5C[C@H](F)C6)=NC(=C2F)C43)c1. The largest absolute Gasteiger partial charge is 0.461 e. The molecule has 5 atom stereocenters. The number of dihydropyridines is 1. The van der Waals surface area contributed by atoms with Crippen LogP contribution in [0.25, 0.3) is 0 Å². The van der Waals surface area contributed by atoms with E-state index < -0.39 is 57.7 Å². The van der Waals surface area contributed by atoms with Gasteiger partial charge in [-0.1, -0.05) is 24.4 Å². The maximum absolute atomic E-state index is 16.7. The molecule has 6 aliphatic rings. The molecule has 0 radical (unpaired) electrons. The number of fused-ring (bicyclic) bond motifs is 3. The summed E-state index contributed by atoms with van der Waals surface area (Å²) in [6.07, 6.45) is -0.446. The van der Waals surface area contributed by atoms with Gasteiger partial charge < -0.3 is 20.1 Å². The van der Waals surface area contributed by atoms with Crippen molar-refractivity contribution in [3.63, 3.8) is 0 Å². The van der Waals surface area contributed by atoms with E-state index in [1.54, 1.807) is 0 Å². The predicted octanol–water partition coefficient (Wildman–Crippen LogP) is 5.89. The predicted molar refractivity (Wildman–Crippen MR) is 156 cm³/mol. The molecule has 8 nitrogen and oxygen atoms in total. The molecule has 1 aromatic carbocycles. The number of rotatable bonds is 3. The lowest BCUT2D eigenvalue weighted by molar-refractivity contribution is -0.137. The van der Waals surface area contributed by atoms with Gasteiger partial charge in [0.15, 0.2) is 12.1 Å². The summed E-state index contributed by atoms with van der Waals surface area (Å²) in [4.78, 5) is 18.0. The molecule has 0 amide bonds. The number of hydrogen-bond acceptors (Lipinski definition) is 8. The van der Waals surface area contributed by atoms with E-state index in [4.69, 9.17) is 31.8 Å². The Hall–Kier alpha value is -2.77. The van der Waals surface area contributed by atoms with E-state index in [2.05, 4.69) is 19.8 Å². The van der Waals surface area contributed by atoms with Gasteiger partial charge in [-0.15, -0.1) is 0 Å². The topological polar surface area (TPSA) is 88.0 Å². The van der Waals surface area contributed by atoms with E-state index in [0.29, 0.717) is 31.8 Å². The smallest absolute Gasteiger partial charge is 0.418 e. The first-order chi connectivity index (χ1) is 21.0. The number of allylic oxidation sites excluding steroid dienone is 1. The number of hydrogen-bond donors (Lipinski definition) is 1. The highest BCUT2D eigenvalue weighted by atomic mass is 35.5. The number of ether oxygens (including phenoxy) is 2. The molecule has 238 valence electrons. The second-order valence-corrected chi connectivity index (χ2v) is 13.0. The maximum atomic E-state index is 16.7. The molecule has 6 aliphatic heterocycles. The standard InChI is InChI=1S/C30H34ClF5N6O2/c31-20-12-17(37)11-19(22(20)30(34,35)36)24-23(33)25-21-26(42-9-3-1-2-5-18(42)6-10-43-27(21)38-24)40-28(39-25)44-15-29-7-4-8-41(29)14-16(32)13-29/h11-12,16,18,21,27H,1-10,13-15,37H2/t16-,18?,21?,27?,29+/m1/s1. The monoisotopic (exact) mass is 640 g/mol. The van der Waals surface area contributed by atoms with Gasteiger partial charge in [-0.25, -0.2) is 13.8 Å². The van der Waals surface area contributed by atoms with Crippen LogP contribution in [0.2, 0.25) is 5.02 Å². The lowest BCUT2D eigenvalue weighted by atomic mass is 9.90. The normalized spacial score (nSPS) is 32.5. The van der Waals surface area contributed by atoms with Crippen molar-refractivity contribution in [1.82, 2.24) is 9.80 Å². The summed E-state index contributed by atoms with van der Waals surface area (Å²) in [7, 11) is 0. The zero-order valence-electron chi connectivity index (χ0n) is 24.1. The molecule has 4 fully saturated rings. The van der Waals surface area contributed by atoms with Crippen molar-refractivity contribution in [2.75, 3.05) is 38.6 Å². The third-order valence-electron chi connectivity index (χ3n) is 9.77. The molecule has 7 rings (SSSR count). The first-order valence-electron chi connectivity index (χ1n) is 15.3. The molecule has 0 bridgehead atoms. The van der Waals surface area contributed by atoms with Crippen molar-refractivity contribution in [2.24, 2.45) is 20.9 Å². The third-order valence-corrected chi connectivity index (χ3v) is 10.1. The molecule has 6 heterocycles. The quantitative estimate of drug-likeness (QED) is 0.329. The molecule has 0 saturated carbocycles. The van der Waals surface area contributed by atoms with Crippen LogP contribution >= 0.6 is 11.6 Å². The first-order valence-corrected chi connectivity index (χ1v) is 15.6. The van der Waals surface area contributed by atoms with E-state index in [0.717, 1.165) is 57.2 Å². The van der Waals surface area contributed by atoms with Crippen LogP contribution in [0, 0.1) is 5.92 Å². The van der Waals surface area contributed by atoms with Gasteiger partial charge in [0.1, 0.15) is 30.2 Å². The van der Waals surface area contributed by atoms with Gasteiger partial charge in [-0.2, -0.15) is 23.2 Å². The van der Waals surface area contributed by atoms with Crippen molar-refractivity contribution >= 4 is 34.9 Å². The van der Waals surface area contributed by atoms with Gasteiger partial charge in [0.25, 0.3) is 0 Å². The minimum Gasteiger partial charge on any atom is -0.461 e. The highest BCUT2D eigenvalue weighted by molar-refractivity contribution is 6.32. The summed E-state index contributed by atoms with van der Waals surface area (Å²) in [5, 5.41) is -0.664. The Morgan fingerprint density at radius 1 is 1.11 bits per heavy atom. The molecule has 0 aliphatic carbocycles. The Labute approximate surface area is 256 Å². The fourth-order valence-electron chi connectivity index (χ4n) is 7.80. The van der Waals surface area contributed by atoms with Crippen LogP contribution in [0.3, 0.4) is 0 Å². The van der Waals surface area contributed by atoms with Gasteiger partial charge in [0.05, 0.1) is 28.4 Å². The fraction of sp³-hybridized carbons (Fsp3) is 0.633. The number of nitrogens with zero attached hydrogens (tertiary/aromatic N) is 5. The average molecular weight is 641 g/mol.